The quantitative estimate of drug-likeness (QED) is 0.112. The van der Waals surface area contributed by atoms with Gasteiger partial charge in [-0.25, -0.2) is 24.0 Å². The van der Waals surface area contributed by atoms with Crippen LogP contribution in [0.15, 0.2) is 46.5 Å². The first-order chi connectivity index (χ1) is 27.3. The number of fused-ring (bicyclic) bond motifs is 1. The lowest BCUT2D eigenvalue weighted by atomic mass is 9.84. The third-order valence-corrected chi connectivity index (χ3v) is 11.3. The molecule has 58 heavy (non-hydrogen) atoms. The van der Waals surface area contributed by atoms with Crippen molar-refractivity contribution in [1.29, 1.82) is 0 Å². The molecule has 0 aliphatic carbocycles. The molecule has 12 nitrogen and oxygen atoms in total. The van der Waals surface area contributed by atoms with E-state index in [1.165, 1.54) is 5.01 Å². The Morgan fingerprint density at radius 3 is 2.52 bits per heavy atom. The lowest BCUT2D eigenvalue weighted by molar-refractivity contribution is -0.156. The predicted molar refractivity (Wildman–Crippen MR) is 224 cm³/mol. The number of alkyl carbamates (subject to hydrolysis) is 1. The third-order valence-electron chi connectivity index (χ3n) is 9.66. The molecule has 4 aromatic rings. The van der Waals surface area contributed by atoms with Gasteiger partial charge >= 0.3 is 12.1 Å². The highest BCUT2D eigenvalue weighted by molar-refractivity contribution is 9.10. The standard InChI is InChI=1S/C42H55BrF2N6O6S/c1-10-50-30-16-15-25(4)19-27(30)28(35(50)26-13-11-17-46-33(26)24(2)3)20-42(8,9)23-56-39(53)29-14-12-18-51(49-29)38(52)34(48-40(54)57-41(5,6)7)36(55-21-32(44)45)37-47-31(43)22-58-37/h11,13,15-17,19,22,24,29,32,34,36,49H,10,12,14,18,20-21,23H2,1-9H3,(H,48,54)/t29-,34-,36-/m0/s1. The third kappa shape index (κ3) is 11.2. The van der Waals surface area contributed by atoms with Gasteiger partial charge in [0.2, 0.25) is 0 Å². The van der Waals surface area contributed by atoms with Crippen molar-refractivity contribution in [3.8, 4) is 11.3 Å². The van der Waals surface area contributed by atoms with Crippen molar-refractivity contribution < 1.29 is 37.4 Å². The molecule has 1 aliphatic rings. The van der Waals surface area contributed by atoms with Gasteiger partial charge in [0.15, 0.2) is 0 Å². The molecule has 5 rings (SSSR count). The van der Waals surface area contributed by atoms with Gasteiger partial charge in [-0.15, -0.1) is 11.3 Å². The molecule has 16 heteroatoms. The van der Waals surface area contributed by atoms with Crippen LogP contribution in [0.4, 0.5) is 13.6 Å². The Labute approximate surface area is 351 Å². The highest BCUT2D eigenvalue weighted by Crippen LogP contribution is 2.41. The predicted octanol–water partition coefficient (Wildman–Crippen LogP) is 8.90. The number of benzene rings is 1. The molecule has 1 aromatic carbocycles. The SMILES string of the molecule is CCn1c(-c2cccnc2C(C)C)c(CC(C)(C)COC(=O)[C@@H]2CCCN(C(=O)[C@@H](NC(=O)OC(C)(C)C)[C@H](OCC(F)F)c3nc(Br)cs3)N2)c2cc(C)ccc21. The van der Waals surface area contributed by atoms with Gasteiger partial charge in [-0.2, -0.15) is 0 Å². The Morgan fingerprint density at radius 1 is 1.14 bits per heavy atom. The Morgan fingerprint density at radius 2 is 1.88 bits per heavy atom. The van der Waals surface area contributed by atoms with Gasteiger partial charge in [-0.1, -0.05) is 39.3 Å². The zero-order valence-electron chi connectivity index (χ0n) is 34.7. The summed E-state index contributed by atoms with van der Waals surface area (Å²) in [5, 5.41) is 6.68. The first kappa shape index (κ1) is 45.1. The number of hydrogen-bond donors (Lipinski definition) is 2. The molecule has 2 N–H and O–H groups in total. The van der Waals surface area contributed by atoms with E-state index in [2.05, 4.69) is 102 Å². The topological polar surface area (TPSA) is 137 Å². The van der Waals surface area contributed by atoms with Gasteiger partial charge in [-0.05, 0) is 106 Å². The molecule has 1 fully saturated rings. The van der Waals surface area contributed by atoms with E-state index in [0.29, 0.717) is 23.9 Å². The van der Waals surface area contributed by atoms with Crippen LogP contribution in [-0.2, 0) is 36.8 Å². The van der Waals surface area contributed by atoms with Crippen LogP contribution in [0.25, 0.3) is 22.2 Å². The van der Waals surface area contributed by atoms with Gasteiger partial charge in [0.25, 0.3) is 12.3 Å². The van der Waals surface area contributed by atoms with Gasteiger partial charge in [0.05, 0.1) is 18.0 Å². The van der Waals surface area contributed by atoms with Crippen LogP contribution in [0.1, 0.15) is 102 Å². The van der Waals surface area contributed by atoms with E-state index in [0.717, 1.165) is 56.9 Å². The molecule has 3 aromatic heterocycles. The number of carbonyl (C=O) groups is 3. The van der Waals surface area contributed by atoms with E-state index in [-0.39, 0.29) is 24.1 Å². The van der Waals surface area contributed by atoms with Crippen LogP contribution < -0.4 is 10.7 Å². The molecule has 0 bridgehead atoms. The minimum absolute atomic E-state index is 0.0946. The largest absolute Gasteiger partial charge is 0.464 e. The first-order valence-electron chi connectivity index (χ1n) is 19.6. The average Bonchev–Trinajstić information content (AvgIpc) is 3.71. The summed E-state index contributed by atoms with van der Waals surface area (Å²) in [6.07, 6.45) is -1.96. The molecule has 0 spiro atoms. The molecule has 1 saturated heterocycles. The zero-order valence-corrected chi connectivity index (χ0v) is 37.1. The number of amides is 2. The molecule has 0 unspecified atom stereocenters. The van der Waals surface area contributed by atoms with Gasteiger partial charge < -0.3 is 24.1 Å². The van der Waals surface area contributed by atoms with E-state index in [1.54, 1.807) is 26.2 Å². The number of hydrogen-bond acceptors (Lipinski definition) is 10. The number of thiazole rings is 1. The minimum Gasteiger partial charge on any atom is -0.464 e. The Bertz CT molecular complexity index is 2080. The summed E-state index contributed by atoms with van der Waals surface area (Å²) >= 11 is 4.34. The van der Waals surface area contributed by atoms with Crippen LogP contribution in [-0.4, -0.2) is 81.4 Å². The van der Waals surface area contributed by atoms with Crippen molar-refractivity contribution in [2.24, 2.45) is 5.41 Å². The summed E-state index contributed by atoms with van der Waals surface area (Å²) in [7, 11) is 0. The normalized spacial score (nSPS) is 16.2. The van der Waals surface area contributed by atoms with Crippen molar-refractivity contribution >= 4 is 56.1 Å². The Hall–Kier alpha value is -3.99. The average molecular weight is 890 g/mol. The second kappa shape index (κ2) is 18.9. The van der Waals surface area contributed by atoms with Crippen molar-refractivity contribution in [2.45, 2.75) is 124 Å². The highest BCUT2D eigenvalue weighted by atomic mass is 79.9. The minimum atomic E-state index is -2.85. The summed E-state index contributed by atoms with van der Waals surface area (Å²) in [6.45, 7) is 17.6. The molecule has 3 atom stereocenters. The Kier molecular flexibility index (Phi) is 14.7. The molecule has 1 aliphatic heterocycles. The number of nitrogens with one attached hydrogen (secondary N) is 2. The summed E-state index contributed by atoms with van der Waals surface area (Å²) < 4.78 is 46.6. The van der Waals surface area contributed by atoms with Crippen LogP contribution in [0.3, 0.4) is 0 Å². The smallest absolute Gasteiger partial charge is 0.408 e. The van der Waals surface area contributed by atoms with Gasteiger partial charge in [-0.3, -0.25) is 19.6 Å². The van der Waals surface area contributed by atoms with Crippen molar-refractivity contribution in [1.82, 2.24) is 30.3 Å². The lowest BCUT2D eigenvalue weighted by Crippen LogP contribution is -2.61. The number of hydrazine groups is 1. The van der Waals surface area contributed by atoms with Crippen molar-refractivity contribution in [3.63, 3.8) is 0 Å². The Balaban J connectivity index is 1.36. The van der Waals surface area contributed by atoms with Crippen molar-refractivity contribution in [3.05, 3.63) is 68.3 Å². The van der Waals surface area contributed by atoms with E-state index in [9.17, 15) is 23.2 Å². The number of alkyl halides is 2. The van der Waals surface area contributed by atoms with Crippen molar-refractivity contribution in [2.75, 3.05) is 19.8 Å². The summed E-state index contributed by atoms with van der Waals surface area (Å²) in [5.74, 6) is -1.06. The number of rotatable bonds is 15. The van der Waals surface area contributed by atoms with E-state index >= 15 is 0 Å². The molecule has 0 saturated carbocycles. The monoisotopic (exact) mass is 888 g/mol. The number of nitrogens with zero attached hydrogens (tertiary/aromatic N) is 4. The number of aryl methyl sites for hydroxylation is 2. The number of pyridine rings is 1. The molecular weight excluding hydrogens is 834 g/mol. The first-order valence-corrected chi connectivity index (χ1v) is 21.3. The van der Waals surface area contributed by atoms with Crippen LogP contribution in [0, 0.1) is 12.3 Å². The molecule has 0 radical (unpaired) electrons. The fourth-order valence-corrected chi connectivity index (χ4v) is 8.55. The number of carbonyl (C=O) groups excluding carboxylic acids is 3. The van der Waals surface area contributed by atoms with E-state index < -0.39 is 60.2 Å². The number of aromatic nitrogens is 3. The van der Waals surface area contributed by atoms with Crippen LogP contribution in [0.5, 0.6) is 0 Å². The number of ether oxygens (including phenoxy) is 3. The maximum Gasteiger partial charge on any atom is 0.408 e. The fourth-order valence-electron chi connectivity index (χ4n) is 7.20. The zero-order chi connectivity index (χ0) is 42.5. The highest BCUT2D eigenvalue weighted by Gasteiger charge is 2.41. The molecule has 316 valence electrons. The molecular formula is C42H55BrF2N6O6S. The summed E-state index contributed by atoms with van der Waals surface area (Å²) in [5.41, 5.74) is 8.19. The molecule has 4 heterocycles. The molecule has 2 amide bonds. The maximum atomic E-state index is 14.3. The second-order valence-corrected chi connectivity index (χ2v) is 18.4. The van der Waals surface area contributed by atoms with Gasteiger partial charge in [0.1, 0.15) is 40.0 Å². The number of esters is 1. The fraction of sp³-hybridized carbons (Fsp3) is 0.548. The van der Waals surface area contributed by atoms with E-state index in [1.807, 2.05) is 12.3 Å². The van der Waals surface area contributed by atoms with Gasteiger partial charge in [0, 0.05) is 46.5 Å². The summed E-state index contributed by atoms with van der Waals surface area (Å²) in [4.78, 5) is 50.2. The maximum absolute atomic E-state index is 14.3. The van der Waals surface area contributed by atoms with Crippen LogP contribution >= 0.6 is 27.3 Å². The van der Waals surface area contributed by atoms with Crippen LogP contribution in [0.2, 0.25) is 0 Å². The summed E-state index contributed by atoms with van der Waals surface area (Å²) in [6, 6.07) is 8.17. The van der Waals surface area contributed by atoms with E-state index in [4.69, 9.17) is 19.2 Å². The number of halogens is 3. The lowest BCUT2D eigenvalue weighted by Gasteiger charge is -2.37. The second-order valence-electron chi connectivity index (χ2n) is 16.7.